The molecule has 0 saturated carbocycles. The Morgan fingerprint density at radius 2 is 1.91 bits per heavy atom. The van der Waals surface area contributed by atoms with Gasteiger partial charge in [-0.25, -0.2) is 0 Å². The maximum absolute atomic E-state index is 12.7. The SMILES string of the molecule is COc1ccccc1-c1nnc(SC(C)C(=O)Nc2cc(C)on2)n1CCc1ccccc1. The van der Waals surface area contributed by atoms with E-state index in [9.17, 15) is 4.79 Å². The van der Waals surface area contributed by atoms with Crippen molar-refractivity contribution < 1.29 is 14.1 Å². The maximum atomic E-state index is 12.7. The smallest absolute Gasteiger partial charge is 0.238 e. The summed E-state index contributed by atoms with van der Waals surface area (Å²) in [5.74, 6) is 2.25. The first-order valence-corrected chi connectivity index (χ1v) is 11.4. The molecule has 0 aliphatic heterocycles. The molecule has 9 heteroatoms. The lowest BCUT2D eigenvalue weighted by atomic mass is 10.1. The van der Waals surface area contributed by atoms with Crippen molar-refractivity contribution in [1.82, 2.24) is 19.9 Å². The largest absolute Gasteiger partial charge is 0.496 e. The molecule has 0 saturated heterocycles. The van der Waals surface area contributed by atoms with Crippen LogP contribution < -0.4 is 10.1 Å². The molecule has 0 spiro atoms. The van der Waals surface area contributed by atoms with Crippen LogP contribution in [0.25, 0.3) is 11.4 Å². The van der Waals surface area contributed by atoms with E-state index < -0.39 is 5.25 Å². The molecule has 2 heterocycles. The van der Waals surface area contributed by atoms with Crippen LogP contribution in [0.1, 0.15) is 18.2 Å². The van der Waals surface area contributed by atoms with Gasteiger partial charge in [-0.05, 0) is 38.0 Å². The lowest BCUT2D eigenvalue weighted by Crippen LogP contribution is -2.23. The number of rotatable bonds is 9. The Kier molecular flexibility index (Phi) is 7.09. The lowest BCUT2D eigenvalue weighted by molar-refractivity contribution is -0.115. The summed E-state index contributed by atoms with van der Waals surface area (Å²) >= 11 is 1.35. The van der Waals surface area contributed by atoms with Gasteiger partial charge < -0.3 is 19.1 Å². The van der Waals surface area contributed by atoms with Crippen molar-refractivity contribution in [3.63, 3.8) is 0 Å². The first-order valence-electron chi connectivity index (χ1n) is 10.6. The zero-order valence-electron chi connectivity index (χ0n) is 18.7. The van der Waals surface area contributed by atoms with E-state index in [1.165, 1.54) is 17.3 Å². The molecule has 1 unspecified atom stereocenters. The number of para-hydroxylation sites is 1. The predicted octanol–water partition coefficient (Wildman–Crippen LogP) is 4.61. The second-order valence-corrected chi connectivity index (χ2v) is 8.77. The summed E-state index contributed by atoms with van der Waals surface area (Å²) in [5.41, 5.74) is 2.06. The van der Waals surface area contributed by atoms with Gasteiger partial charge in [0.2, 0.25) is 5.91 Å². The summed E-state index contributed by atoms with van der Waals surface area (Å²) in [7, 11) is 1.64. The number of amides is 1. The number of benzene rings is 2. The summed E-state index contributed by atoms with van der Waals surface area (Å²) in [6.45, 7) is 4.25. The van der Waals surface area contributed by atoms with E-state index >= 15 is 0 Å². The third-order valence-electron chi connectivity index (χ3n) is 5.06. The molecule has 2 aromatic carbocycles. The number of thioether (sulfide) groups is 1. The monoisotopic (exact) mass is 463 g/mol. The predicted molar refractivity (Wildman–Crippen MR) is 127 cm³/mol. The number of carbonyl (C=O) groups is 1. The molecular formula is C24H25N5O3S. The van der Waals surface area contributed by atoms with Crippen LogP contribution in [0.3, 0.4) is 0 Å². The van der Waals surface area contributed by atoms with Gasteiger partial charge in [0, 0.05) is 12.6 Å². The molecule has 0 radical (unpaired) electrons. The van der Waals surface area contributed by atoms with Crippen molar-refractivity contribution >= 4 is 23.5 Å². The molecule has 0 bridgehead atoms. The Morgan fingerprint density at radius 1 is 1.15 bits per heavy atom. The van der Waals surface area contributed by atoms with Crippen LogP contribution in [0, 0.1) is 6.92 Å². The van der Waals surface area contributed by atoms with Crippen LogP contribution in [-0.2, 0) is 17.8 Å². The highest BCUT2D eigenvalue weighted by Crippen LogP contribution is 2.32. The molecule has 170 valence electrons. The van der Waals surface area contributed by atoms with Crippen molar-refractivity contribution in [3.8, 4) is 17.1 Å². The number of carbonyl (C=O) groups excluding carboxylic acids is 1. The topological polar surface area (TPSA) is 95.1 Å². The Hall–Kier alpha value is -3.59. The highest BCUT2D eigenvalue weighted by molar-refractivity contribution is 8.00. The summed E-state index contributed by atoms with van der Waals surface area (Å²) in [6, 6.07) is 19.6. The van der Waals surface area contributed by atoms with Gasteiger partial charge in [0.05, 0.1) is 17.9 Å². The number of nitrogens with one attached hydrogen (secondary N) is 1. The number of nitrogens with zero attached hydrogens (tertiary/aromatic N) is 4. The van der Waals surface area contributed by atoms with E-state index in [4.69, 9.17) is 9.26 Å². The van der Waals surface area contributed by atoms with Gasteiger partial charge >= 0.3 is 0 Å². The van der Waals surface area contributed by atoms with E-state index in [0.29, 0.717) is 29.1 Å². The summed E-state index contributed by atoms with van der Waals surface area (Å²) < 4.78 is 12.6. The van der Waals surface area contributed by atoms with Gasteiger partial charge in [-0.3, -0.25) is 4.79 Å². The van der Waals surface area contributed by atoms with Crippen LogP contribution in [0.15, 0.2) is 70.3 Å². The van der Waals surface area contributed by atoms with E-state index in [-0.39, 0.29) is 5.91 Å². The van der Waals surface area contributed by atoms with Crippen LogP contribution in [-0.4, -0.2) is 38.2 Å². The average Bonchev–Trinajstić information content (AvgIpc) is 3.43. The van der Waals surface area contributed by atoms with Crippen molar-refractivity contribution in [2.24, 2.45) is 0 Å². The zero-order chi connectivity index (χ0) is 23.2. The van der Waals surface area contributed by atoms with Gasteiger partial charge in [0.1, 0.15) is 11.5 Å². The third kappa shape index (κ3) is 5.43. The van der Waals surface area contributed by atoms with Crippen molar-refractivity contribution in [3.05, 3.63) is 72.0 Å². The molecule has 2 aromatic heterocycles. The zero-order valence-corrected chi connectivity index (χ0v) is 19.5. The number of methoxy groups -OCH3 is 1. The molecule has 8 nitrogen and oxygen atoms in total. The number of ether oxygens (including phenoxy) is 1. The van der Waals surface area contributed by atoms with Gasteiger partial charge in [-0.2, -0.15) is 0 Å². The summed E-state index contributed by atoms with van der Waals surface area (Å²) in [4.78, 5) is 12.7. The van der Waals surface area contributed by atoms with E-state index in [1.54, 1.807) is 20.1 Å². The molecule has 0 fully saturated rings. The highest BCUT2D eigenvalue weighted by Gasteiger charge is 2.23. The maximum Gasteiger partial charge on any atom is 0.238 e. The first-order chi connectivity index (χ1) is 16.0. The van der Waals surface area contributed by atoms with Crippen LogP contribution in [0.2, 0.25) is 0 Å². The van der Waals surface area contributed by atoms with Crippen LogP contribution >= 0.6 is 11.8 Å². The minimum atomic E-state index is -0.424. The summed E-state index contributed by atoms with van der Waals surface area (Å²) in [6.07, 6.45) is 0.799. The van der Waals surface area contributed by atoms with E-state index in [2.05, 4.69) is 32.8 Å². The molecule has 1 amide bonds. The van der Waals surface area contributed by atoms with Gasteiger partial charge in [-0.15, -0.1) is 10.2 Å². The van der Waals surface area contributed by atoms with Gasteiger partial charge in [0.15, 0.2) is 16.8 Å². The van der Waals surface area contributed by atoms with Gasteiger partial charge in [0.25, 0.3) is 0 Å². The fourth-order valence-electron chi connectivity index (χ4n) is 3.36. The van der Waals surface area contributed by atoms with Gasteiger partial charge in [-0.1, -0.05) is 59.4 Å². The normalized spacial score (nSPS) is 11.8. The number of aryl methyl sites for hydroxylation is 2. The molecular weight excluding hydrogens is 438 g/mol. The highest BCUT2D eigenvalue weighted by atomic mass is 32.2. The minimum Gasteiger partial charge on any atom is -0.496 e. The van der Waals surface area contributed by atoms with Crippen molar-refractivity contribution in [2.45, 2.75) is 37.2 Å². The average molecular weight is 464 g/mol. The Labute approximate surface area is 196 Å². The fourth-order valence-corrected chi connectivity index (χ4v) is 4.23. The standard InChI is InChI=1S/C24H25N5O3S/c1-16-15-21(28-32-16)25-23(30)17(2)33-24-27-26-22(19-11-7-8-12-20(19)31-3)29(24)14-13-18-9-5-4-6-10-18/h4-12,15,17H,13-14H2,1-3H3,(H,25,28,30). The Bertz CT molecular complexity index is 1220. The van der Waals surface area contributed by atoms with Crippen molar-refractivity contribution in [1.29, 1.82) is 0 Å². The van der Waals surface area contributed by atoms with Crippen LogP contribution in [0.5, 0.6) is 5.75 Å². The quantitative estimate of drug-likeness (QED) is 0.362. The lowest BCUT2D eigenvalue weighted by Gasteiger charge is -2.14. The van der Waals surface area contributed by atoms with Crippen LogP contribution in [0.4, 0.5) is 5.82 Å². The van der Waals surface area contributed by atoms with Crippen molar-refractivity contribution in [2.75, 3.05) is 12.4 Å². The second kappa shape index (κ2) is 10.4. The molecule has 1 atom stereocenters. The molecule has 0 aliphatic rings. The molecule has 1 N–H and O–H groups in total. The molecule has 0 aliphatic carbocycles. The second-order valence-electron chi connectivity index (χ2n) is 7.47. The number of hydrogen-bond donors (Lipinski definition) is 1. The molecule has 4 aromatic rings. The fraction of sp³-hybridized carbons (Fsp3) is 0.250. The number of hydrogen-bond acceptors (Lipinski definition) is 7. The Morgan fingerprint density at radius 3 is 2.64 bits per heavy atom. The molecule has 33 heavy (non-hydrogen) atoms. The number of aromatic nitrogens is 4. The summed E-state index contributed by atoms with van der Waals surface area (Å²) in [5, 5.41) is 15.7. The minimum absolute atomic E-state index is 0.190. The number of anilines is 1. The first kappa shape index (κ1) is 22.6. The van der Waals surface area contributed by atoms with E-state index in [0.717, 1.165) is 17.7 Å². The third-order valence-corrected chi connectivity index (χ3v) is 6.14. The molecule has 4 rings (SSSR count). The Balaban J connectivity index is 1.59. The van der Waals surface area contributed by atoms with E-state index in [1.807, 2.05) is 54.0 Å².